The van der Waals surface area contributed by atoms with Crippen LogP contribution in [0.3, 0.4) is 0 Å². The molecule has 0 aromatic heterocycles. The van der Waals surface area contributed by atoms with Gasteiger partial charge in [0, 0.05) is 19.2 Å². The molecule has 1 heterocycles. The lowest BCUT2D eigenvalue weighted by atomic mass is 10.2. The fraction of sp³-hybridized carbons (Fsp3) is 0.278. The summed E-state index contributed by atoms with van der Waals surface area (Å²) in [6.45, 7) is 3.71. The van der Waals surface area contributed by atoms with Crippen molar-refractivity contribution < 1.29 is 26.9 Å². The first-order valence-electron chi connectivity index (χ1n) is 8.10. The van der Waals surface area contributed by atoms with Gasteiger partial charge in [0.2, 0.25) is 0 Å². The van der Waals surface area contributed by atoms with Crippen molar-refractivity contribution >= 4 is 16.2 Å². The van der Waals surface area contributed by atoms with Crippen LogP contribution in [0.1, 0.15) is 5.56 Å². The van der Waals surface area contributed by atoms with Crippen molar-refractivity contribution in [3.8, 4) is 11.5 Å². The minimum atomic E-state index is -3.96. The Balaban J connectivity index is 1.70. The average molecular weight is 377 g/mol. The highest BCUT2D eigenvalue weighted by Gasteiger charge is 2.20. The highest BCUT2D eigenvalue weighted by molar-refractivity contribution is 7.87. The molecule has 0 N–H and O–H groups in total. The van der Waals surface area contributed by atoms with E-state index >= 15 is 0 Å². The fourth-order valence-electron chi connectivity index (χ4n) is 2.38. The maximum atomic E-state index is 12.3. The second-order valence-corrected chi connectivity index (χ2v) is 7.34. The molecule has 0 bridgehead atoms. The van der Waals surface area contributed by atoms with Crippen molar-refractivity contribution in [2.45, 2.75) is 11.8 Å². The predicted octanol–water partition coefficient (Wildman–Crippen LogP) is 2.59. The van der Waals surface area contributed by atoms with Gasteiger partial charge in [-0.15, -0.1) is 0 Å². The second-order valence-electron chi connectivity index (χ2n) is 5.79. The van der Waals surface area contributed by atoms with Crippen LogP contribution in [0, 0.1) is 6.92 Å². The molecule has 2 aromatic rings. The lowest BCUT2D eigenvalue weighted by Gasteiger charge is -2.25. The molecule has 1 saturated heterocycles. The molecule has 8 heteroatoms. The van der Waals surface area contributed by atoms with E-state index in [1.165, 1.54) is 29.2 Å². The van der Waals surface area contributed by atoms with Gasteiger partial charge in [-0.3, -0.25) is 0 Å². The van der Waals surface area contributed by atoms with Crippen LogP contribution in [-0.4, -0.2) is 45.7 Å². The Hall–Kier alpha value is -2.58. The Labute approximate surface area is 152 Å². The third-order valence-electron chi connectivity index (χ3n) is 3.80. The normalized spacial score (nSPS) is 14.7. The van der Waals surface area contributed by atoms with E-state index in [1.807, 2.05) is 6.92 Å². The number of ether oxygens (including phenoxy) is 2. The zero-order valence-corrected chi connectivity index (χ0v) is 15.1. The van der Waals surface area contributed by atoms with E-state index < -0.39 is 16.2 Å². The van der Waals surface area contributed by atoms with Crippen LogP contribution < -0.4 is 8.92 Å². The average Bonchev–Trinajstić information content (AvgIpc) is 2.63. The molecule has 2 aromatic carbocycles. The molecule has 138 valence electrons. The Bertz CT molecular complexity index is 873. The summed E-state index contributed by atoms with van der Waals surface area (Å²) in [4.78, 5) is 13.7. The Morgan fingerprint density at radius 1 is 1.04 bits per heavy atom. The first kappa shape index (κ1) is 18.2. The lowest BCUT2D eigenvalue weighted by molar-refractivity contribution is 0.0416. The lowest BCUT2D eigenvalue weighted by Crippen LogP contribution is -2.42. The molecule has 1 aliphatic rings. The van der Waals surface area contributed by atoms with Crippen molar-refractivity contribution in [3.63, 3.8) is 0 Å². The highest BCUT2D eigenvalue weighted by Crippen LogP contribution is 2.24. The molecule has 0 radical (unpaired) electrons. The molecule has 1 fully saturated rings. The smallest absolute Gasteiger partial charge is 0.410 e. The molecule has 1 aliphatic heterocycles. The Morgan fingerprint density at radius 3 is 2.38 bits per heavy atom. The van der Waals surface area contributed by atoms with E-state index in [1.54, 1.807) is 24.3 Å². The SMILES string of the molecule is Cc1ccc(S(=O)(=O)Oc2cccc(OC(=O)N3CCOCC3)c2)cc1. The Morgan fingerprint density at radius 2 is 1.69 bits per heavy atom. The third kappa shape index (κ3) is 4.53. The Kier molecular flexibility index (Phi) is 5.43. The number of aryl methyl sites for hydroxylation is 1. The molecule has 0 saturated carbocycles. The summed E-state index contributed by atoms with van der Waals surface area (Å²) in [5, 5.41) is 0. The fourth-order valence-corrected chi connectivity index (χ4v) is 3.30. The van der Waals surface area contributed by atoms with Crippen LogP contribution >= 0.6 is 0 Å². The van der Waals surface area contributed by atoms with Crippen LogP contribution in [0.4, 0.5) is 4.79 Å². The molecule has 7 nitrogen and oxygen atoms in total. The number of nitrogens with zero attached hydrogens (tertiary/aromatic N) is 1. The van der Waals surface area contributed by atoms with Crippen LogP contribution in [0.2, 0.25) is 0 Å². The number of amides is 1. The van der Waals surface area contributed by atoms with E-state index in [9.17, 15) is 13.2 Å². The molecule has 0 unspecified atom stereocenters. The van der Waals surface area contributed by atoms with Crippen molar-refractivity contribution in [3.05, 3.63) is 54.1 Å². The molecule has 1 amide bonds. The van der Waals surface area contributed by atoms with Gasteiger partial charge >= 0.3 is 16.2 Å². The van der Waals surface area contributed by atoms with Crippen molar-refractivity contribution in [2.24, 2.45) is 0 Å². The van der Waals surface area contributed by atoms with Gasteiger partial charge in [0.1, 0.15) is 16.4 Å². The minimum Gasteiger partial charge on any atom is -0.410 e. The van der Waals surface area contributed by atoms with Gasteiger partial charge < -0.3 is 18.6 Å². The molecule has 0 aliphatic carbocycles. The molecular weight excluding hydrogens is 358 g/mol. The van der Waals surface area contributed by atoms with E-state index in [2.05, 4.69) is 0 Å². The summed E-state index contributed by atoms with van der Waals surface area (Å²) < 4.78 is 40.3. The summed E-state index contributed by atoms with van der Waals surface area (Å²) in [5.41, 5.74) is 0.945. The van der Waals surface area contributed by atoms with Gasteiger partial charge in [-0.05, 0) is 31.2 Å². The summed E-state index contributed by atoms with van der Waals surface area (Å²) in [5.74, 6) is 0.274. The second kappa shape index (κ2) is 7.76. The van der Waals surface area contributed by atoms with Gasteiger partial charge in [-0.25, -0.2) is 4.79 Å². The zero-order valence-electron chi connectivity index (χ0n) is 14.3. The van der Waals surface area contributed by atoms with Gasteiger partial charge in [0.05, 0.1) is 13.2 Å². The summed E-state index contributed by atoms with van der Waals surface area (Å²) in [7, 11) is -3.96. The summed E-state index contributed by atoms with van der Waals surface area (Å²) >= 11 is 0. The zero-order chi connectivity index (χ0) is 18.6. The highest BCUT2D eigenvalue weighted by atomic mass is 32.2. The van der Waals surface area contributed by atoms with Crippen LogP contribution in [0.5, 0.6) is 11.5 Å². The van der Waals surface area contributed by atoms with Crippen molar-refractivity contribution in [1.82, 2.24) is 4.90 Å². The number of hydrogen-bond donors (Lipinski definition) is 0. The molecular formula is C18H19NO6S. The first-order chi connectivity index (χ1) is 12.4. The molecule has 0 atom stereocenters. The summed E-state index contributed by atoms with van der Waals surface area (Å²) in [6, 6.07) is 12.3. The molecule has 3 rings (SSSR count). The van der Waals surface area contributed by atoms with Crippen LogP contribution in [0.15, 0.2) is 53.4 Å². The molecule has 0 spiro atoms. The number of benzene rings is 2. The van der Waals surface area contributed by atoms with Crippen molar-refractivity contribution in [1.29, 1.82) is 0 Å². The van der Waals surface area contributed by atoms with Gasteiger partial charge in [-0.2, -0.15) is 8.42 Å². The standard InChI is InChI=1S/C18H19NO6S/c1-14-5-7-17(8-6-14)26(21,22)25-16-4-2-3-15(13-16)24-18(20)19-9-11-23-12-10-19/h2-8,13H,9-12H2,1H3. The molecule has 26 heavy (non-hydrogen) atoms. The van der Waals surface area contributed by atoms with E-state index in [4.69, 9.17) is 13.7 Å². The van der Waals surface area contributed by atoms with Gasteiger partial charge in [-0.1, -0.05) is 23.8 Å². The maximum absolute atomic E-state index is 12.3. The van der Waals surface area contributed by atoms with Crippen LogP contribution in [-0.2, 0) is 14.9 Å². The van der Waals surface area contributed by atoms with Gasteiger partial charge in [0.15, 0.2) is 0 Å². The van der Waals surface area contributed by atoms with Gasteiger partial charge in [0.25, 0.3) is 0 Å². The number of morpholine rings is 1. The minimum absolute atomic E-state index is 0.0545. The number of rotatable bonds is 4. The monoisotopic (exact) mass is 377 g/mol. The maximum Gasteiger partial charge on any atom is 0.415 e. The first-order valence-corrected chi connectivity index (χ1v) is 9.51. The number of carbonyl (C=O) groups excluding carboxylic acids is 1. The number of carbonyl (C=O) groups is 1. The largest absolute Gasteiger partial charge is 0.415 e. The predicted molar refractivity (Wildman–Crippen MR) is 93.9 cm³/mol. The number of hydrogen-bond acceptors (Lipinski definition) is 6. The topological polar surface area (TPSA) is 82.1 Å². The summed E-state index contributed by atoms with van der Waals surface area (Å²) in [6.07, 6.45) is -0.508. The van der Waals surface area contributed by atoms with E-state index in [0.717, 1.165) is 5.56 Å². The van der Waals surface area contributed by atoms with Crippen LogP contribution in [0.25, 0.3) is 0 Å². The van der Waals surface area contributed by atoms with Crippen molar-refractivity contribution in [2.75, 3.05) is 26.3 Å². The van der Waals surface area contributed by atoms with E-state index in [-0.39, 0.29) is 16.4 Å². The van der Waals surface area contributed by atoms with E-state index in [0.29, 0.717) is 26.3 Å². The quantitative estimate of drug-likeness (QED) is 0.762. The third-order valence-corrected chi connectivity index (χ3v) is 5.06.